The number of nitrogens with zero attached hydrogens (tertiary/aromatic N) is 4. The van der Waals surface area contributed by atoms with Gasteiger partial charge in [0.1, 0.15) is 28.2 Å². The second-order valence-corrected chi connectivity index (χ2v) is 42.2. The lowest BCUT2D eigenvalue weighted by Crippen LogP contribution is -2.32. The van der Waals surface area contributed by atoms with Crippen molar-refractivity contribution in [3.8, 4) is 89.5 Å². The molecular weight excluding hydrogens is 1580 g/mol. The van der Waals surface area contributed by atoms with Gasteiger partial charge >= 0.3 is 0 Å². The zero-order valence-corrected chi connectivity index (χ0v) is 82.7. The average molecular weight is 1730 g/mol. The maximum Gasteiger partial charge on any atom is 0.213 e. The minimum atomic E-state index is 0.161. The molecule has 668 valence electrons. The Morgan fingerprint density at radius 2 is 0.496 bits per heavy atom. The first-order chi connectivity index (χ1) is 62.9. The molecule has 16 aromatic rings. The van der Waals surface area contributed by atoms with Crippen molar-refractivity contribution in [3.05, 3.63) is 358 Å². The average Bonchev–Trinajstić information content (AvgIpc) is 1.65. The number of fused-ring (bicyclic) bond motifs is 4. The van der Waals surface area contributed by atoms with Crippen LogP contribution in [0.1, 0.15) is 282 Å². The van der Waals surface area contributed by atoms with Crippen LogP contribution in [0.25, 0.3) is 133 Å². The molecule has 0 aliphatic heterocycles. The summed E-state index contributed by atoms with van der Waals surface area (Å²) in [6.45, 7) is 38.8. The predicted molar refractivity (Wildman–Crippen MR) is 560 cm³/mol. The lowest BCUT2D eigenvalue weighted by molar-refractivity contribution is -0.660. The van der Waals surface area contributed by atoms with E-state index in [4.69, 9.17) is 0 Å². The van der Waals surface area contributed by atoms with Gasteiger partial charge in [0, 0.05) is 68.8 Å². The lowest BCUT2D eigenvalue weighted by Gasteiger charge is -2.34. The normalized spacial score (nSPS) is 14.5. The van der Waals surface area contributed by atoms with Crippen LogP contribution in [-0.2, 0) is 33.6 Å². The molecule has 4 heteroatoms. The topological polar surface area (TPSA) is 15.5 Å². The van der Waals surface area contributed by atoms with Crippen LogP contribution in [0.15, 0.2) is 292 Å². The maximum atomic E-state index is 2.45. The van der Waals surface area contributed by atoms with Gasteiger partial charge in [-0.25, -0.2) is 18.3 Å². The first kappa shape index (κ1) is 92.5. The fraction of sp³-hybridized carbons (Fsp3) is 0.339. The molecule has 0 unspecified atom stereocenters. The van der Waals surface area contributed by atoms with Crippen LogP contribution in [0.4, 0.5) is 0 Å². The Labute approximate surface area is 785 Å². The molecule has 3 aliphatic carbocycles. The fourth-order valence-corrected chi connectivity index (χ4v) is 21.4. The monoisotopic (exact) mass is 1730 g/mol. The molecule has 3 saturated carbocycles. The van der Waals surface area contributed by atoms with E-state index in [1.54, 1.807) is 0 Å². The molecule has 4 heterocycles. The van der Waals surface area contributed by atoms with E-state index in [0.717, 1.165) is 11.8 Å². The molecule has 19 rings (SSSR count). The van der Waals surface area contributed by atoms with E-state index in [1.807, 2.05) is 0 Å². The number of aryl methyl sites for hydroxylation is 8. The number of pyridine rings is 4. The van der Waals surface area contributed by atoms with Crippen LogP contribution in [0.5, 0.6) is 0 Å². The van der Waals surface area contributed by atoms with Crippen molar-refractivity contribution in [3.63, 3.8) is 0 Å². The van der Waals surface area contributed by atoms with Gasteiger partial charge in [0.15, 0.2) is 24.8 Å². The van der Waals surface area contributed by atoms with E-state index >= 15 is 0 Å². The Kier molecular flexibility index (Phi) is 28.1. The highest BCUT2D eigenvalue weighted by Crippen LogP contribution is 2.46. The quantitative estimate of drug-likeness (QED) is 0.0909. The van der Waals surface area contributed by atoms with Crippen molar-refractivity contribution in [1.29, 1.82) is 0 Å². The summed E-state index contributed by atoms with van der Waals surface area (Å²) >= 11 is 0. The van der Waals surface area contributed by atoms with Crippen LogP contribution in [0.2, 0.25) is 0 Å². The summed E-state index contributed by atoms with van der Waals surface area (Å²) in [5.74, 6) is 4.05. The van der Waals surface area contributed by atoms with Crippen molar-refractivity contribution in [2.75, 3.05) is 0 Å². The van der Waals surface area contributed by atoms with Crippen LogP contribution in [0.3, 0.4) is 0 Å². The molecule has 4 nitrogen and oxygen atoms in total. The van der Waals surface area contributed by atoms with Gasteiger partial charge in [-0.15, -0.1) is 0 Å². The molecule has 3 fully saturated rings. The van der Waals surface area contributed by atoms with E-state index in [1.165, 1.54) is 283 Å². The third-order valence-corrected chi connectivity index (χ3v) is 29.6. The third-order valence-electron chi connectivity index (χ3n) is 29.6. The second kappa shape index (κ2) is 39.8. The van der Waals surface area contributed by atoms with Crippen molar-refractivity contribution in [2.24, 2.45) is 33.6 Å². The minimum absolute atomic E-state index is 0.161. The third kappa shape index (κ3) is 20.8. The fourth-order valence-electron chi connectivity index (χ4n) is 21.4. The van der Waals surface area contributed by atoms with Crippen LogP contribution in [0, 0.1) is 33.1 Å². The Balaban J connectivity index is 0.000000128. The summed E-state index contributed by atoms with van der Waals surface area (Å²) in [7, 11) is 8.67. The number of aromatic nitrogens is 4. The summed E-state index contributed by atoms with van der Waals surface area (Å²) in [6, 6.07) is 101. The van der Waals surface area contributed by atoms with Crippen molar-refractivity contribution in [2.45, 2.75) is 248 Å². The van der Waals surface area contributed by atoms with E-state index in [2.05, 4.69) is 456 Å². The van der Waals surface area contributed by atoms with Gasteiger partial charge in [0.25, 0.3) is 0 Å². The summed E-state index contributed by atoms with van der Waals surface area (Å²) in [5, 5.41) is 10.7. The highest BCUT2D eigenvalue weighted by molar-refractivity contribution is 5.93. The SMILES string of the molecule is Cc1ccccc1-c1cc(-c2ccc3cc(C(C)(C)C)ccc3c2)c(C(C)C)c[n+]1C.Cc1ccccc1-c1cc(-c2ccc3cc(C4CCC(C)(C)CC4)ccc3c2)c(C(C)C)c[n+]1C.Cc1ccccc1-c1cc(-c2ccc3cc(C4CCCC4)ccc3c2)c(C(C)C)c[n+]1C.Cc1ccccc1-c1cc(-c2ccc3cc(C4CCCCC4)ccc3c2)c(C(C)C)c[n+]1C. The number of hydrogen-bond donors (Lipinski definition) is 0. The minimum Gasteiger partial charge on any atom is -0.201 e. The van der Waals surface area contributed by atoms with Crippen LogP contribution in [-0.4, -0.2) is 0 Å². The summed E-state index contributed by atoms with van der Waals surface area (Å²) in [5.41, 5.74) is 38.2. The van der Waals surface area contributed by atoms with Gasteiger partial charge in [-0.2, -0.15) is 0 Å². The smallest absolute Gasteiger partial charge is 0.201 e. The van der Waals surface area contributed by atoms with Gasteiger partial charge in [0.05, 0.1) is 0 Å². The summed E-state index contributed by atoms with van der Waals surface area (Å²) in [4.78, 5) is 0. The van der Waals surface area contributed by atoms with Crippen molar-refractivity contribution in [1.82, 2.24) is 0 Å². The highest BCUT2D eigenvalue weighted by Gasteiger charge is 2.31. The highest BCUT2D eigenvalue weighted by atomic mass is 14.9. The van der Waals surface area contributed by atoms with E-state index in [0.29, 0.717) is 35.0 Å². The summed E-state index contributed by atoms with van der Waals surface area (Å²) in [6.07, 6.45) is 27.0. The lowest BCUT2D eigenvalue weighted by atomic mass is 9.71. The Bertz CT molecular complexity index is 6830. The molecule has 131 heavy (non-hydrogen) atoms. The van der Waals surface area contributed by atoms with E-state index < -0.39 is 0 Å². The molecule has 0 spiro atoms. The van der Waals surface area contributed by atoms with E-state index in [-0.39, 0.29) is 5.41 Å². The molecule has 12 aromatic carbocycles. The second-order valence-electron chi connectivity index (χ2n) is 42.2. The largest absolute Gasteiger partial charge is 0.213 e. The Morgan fingerprint density at radius 3 is 0.763 bits per heavy atom. The Morgan fingerprint density at radius 1 is 0.260 bits per heavy atom. The molecule has 0 radical (unpaired) electrons. The van der Waals surface area contributed by atoms with Crippen molar-refractivity contribution < 1.29 is 18.3 Å². The molecule has 3 aliphatic rings. The molecular formula is C127H144N4+4. The predicted octanol–water partition coefficient (Wildman–Crippen LogP) is 33.4. The standard InChI is InChI=1S/C34H40N.C32H36N.C31H34N.C30H34N/c1-23(2)32-22-35(6)33(30-10-8-7-9-24(30)3)21-31(32)29-14-13-27-19-26(11-12-28(27)20-29)25-15-17-34(4,5)18-16-25;1-22(2)31-21-33(4)32(29-13-9-8-10-23(29)3)20-30(31)28-17-16-26-18-25(14-15-27(26)19-28)24-11-6-5-7-12-24;1-21(2)30-20-32(4)31(28-12-8-5-9-22(28)3)19-29(30)27-16-15-25-17-24(13-14-26(25)18-27)23-10-6-7-11-23;1-20(2)28-19-31(7)29(26-11-9-8-10-21(26)3)18-27(28)24-13-12-23-17-25(30(4,5)6)15-14-22(23)16-24/h7-14,19-23,25H,15-18H2,1-6H3;8-10,13-22,24H,5-7,11-12H2,1-4H3;5,8-9,12-21,23H,6-7,10-11H2,1-4H3;8-20H,1-7H3/q4*+1. The first-order valence-corrected chi connectivity index (χ1v) is 49.4. The van der Waals surface area contributed by atoms with Gasteiger partial charge in [-0.1, -0.05) is 316 Å². The number of benzene rings is 12. The van der Waals surface area contributed by atoms with Gasteiger partial charge in [0.2, 0.25) is 22.8 Å². The van der Waals surface area contributed by atoms with Gasteiger partial charge in [-0.05, 0) is 312 Å². The molecule has 0 bridgehead atoms. The first-order valence-electron chi connectivity index (χ1n) is 49.4. The molecule has 0 amide bonds. The van der Waals surface area contributed by atoms with Crippen LogP contribution >= 0.6 is 0 Å². The Hall–Kier alpha value is -11.7. The number of rotatable bonds is 15. The van der Waals surface area contributed by atoms with Crippen LogP contribution < -0.4 is 18.3 Å². The molecule has 4 aromatic heterocycles. The van der Waals surface area contributed by atoms with E-state index in [9.17, 15) is 0 Å². The zero-order chi connectivity index (χ0) is 92.3. The van der Waals surface area contributed by atoms with Crippen molar-refractivity contribution >= 4 is 43.1 Å². The van der Waals surface area contributed by atoms with Gasteiger partial charge in [-0.3, -0.25) is 0 Å². The molecule has 0 atom stereocenters. The molecule has 0 saturated heterocycles. The molecule has 0 N–H and O–H groups in total. The zero-order valence-electron chi connectivity index (χ0n) is 82.7. The van der Waals surface area contributed by atoms with Gasteiger partial charge < -0.3 is 0 Å². The number of hydrogen-bond acceptors (Lipinski definition) is 0. The maximum absolute atomic E-state index is 2.45. The summed E-state index contributed by atoms with van der Waals surface area (Å²) < 4.78 is 9.15.